The highest BCUT2D eigenvalue weighted by molar-refractivity contribution is 6.31. The second kappa shape index (κ2) is 6.62. The van der Waals surface area contributed by atoms with Crippen LogP contribution >= 0.6 is 23.2 Å². The van der Waals surface area contributed by atoms with Gasteiger partial charge in [-0.1, -0.05) is 35.3 Å². The zero-order valence-electron chi connectivity index (χ0n) is 11.1. The zero-order valence-corrected chi connectivity index (χ0v) is 12.7. The van der Waals surface area contributed by atoms with Gasteiger partial charge in [0.15, 0.2) is 5.78 Å². The van der Waals surface area contributed by atoms with Gasteiger partial charge < -0.3 is 4.74 Å². The molecule has 5 heteroatoms. The van der Waals surface area contributed by atoms with Gasteiger partial charge in [-0.15, -0.1) is 0 Å². The van der Waals surface area contributed by atoms with Gasteiger partial charge in [-0.3, -0.25) is 4.79 Å². The number of methoxy groups -OCH3 is 1. The predicted molar refractivity (Wildman–Crippen MR) is 82.1 cm³/mol. The number of hydrogen-bond donors (Lipinski definition) is 0. The Hall–Kier alpha value is -2.02. The summed E-state index contributed by atoms with van der Waals surface area (Å²) < 4.78 is 5.20. The maximum atomic E-state index is 12.5. The fourth-order valence-electron chi connectivity index (χ4n) is 2.01. The van der Waals surface area contributed by atoms with Crippen LogP contribution in [0.25, 0.3) is 0 Å². The average Bonchev–Trinajstić information content (AvgIpc) is 2.48. The lowest BCUT2D eigenvalue weighted by molar-refractivity contribution is 0.0978. The number of carbonyl (C=O) groups is 1. The van der Waals surface area contributed by atoms with Gasteiger partial charge in [-0.2, -0.15) is 5.26 Å². The monoisotopic (exact) mass is 319 g/mol. The topological polar surface area (TPSA) is 50.1 Å². The second-order valence-corrected chi connectivity index (χ2v) is 5.20. The Bertz CT molecular complexity index is 722. The summed E-state index contributed by atoms with van der Waals surface area (Å²) in [5.41, 5.74) is 0.813. The molecule has 1 unspecified atom stereocenters. The van der Waals surface area contributed by atoms with E-state index in [1.807, 2.05) is 6.07 Å². The molecule has 0 fully saturated rings. The third-order valence-electron chi connectivity index (χ3n) is 3.00. The first-order valence-corrected chi connectivity index (χ1v) is 6.85. The minimum absolute atomic E-state index is 0.347. The summed E-state index contributed by atoms with van der Waals surface area (Å²) in [6.07, 6.45) is 0. The molecule has 0 aliphatic heterocycles. The van der Waals surface area contributed by atoms with Crippen molar-refractivity contribution in [2.24, 2.45) is 0 Å². The van der Waals surface area contributed by atoms with E-state index in [9.17, 15) is 10.1 Å². The van der Waals surface area contributed by atoms with Crippen molar-refractivity contribution in [3.63, 3.8) is 0 Å². The largest absolute Gasteiger partial charge is 0.496 e. The van der Waals surface area contributed by atoms with Crippen LogP contribution in [0.5, 0.6) is 5.75 Å². The SMILES string of the molecule is COc1ccc(Cl)cc1C(C#N)C(=O)c1cccc(Cl)c1. The summed E-state index contributed by atoms with van der Waals surface area (Å²) in [4.78, 5) is 12.5. The number of benzene rings is 2. The first-order valence-electron chi connectivity index (χ1n) is 6.09. The van der Waals surface area contributed by atoms with Gasteiger partial charge in [-0.05, 0) is 30.3 Å². The molecule has 0 saturated heterocycles. The van der Waals surface area contributed by atoms with Crippen molar-refractivity contribution in [3.8, 4) is 11.8 Å². The lowest BCUT2D eigenvalue weighted by Gasteiger charge is -2.13. The summed E-state index contributed by atoms with van der Waals surface area (Å²) in [6, 6.07) is 13.3. The van der Waals surface area contributed by atoms with Crippen LogP contribution in [0.4, 0.5) is 0 Å². The number of nitrogens with zero attached hydrogens (tertiary/aromatic N) is 1. The number of carbonyl (C=O) groups excluding carboxylic acids is 1. The first-order chi connectivity index (χ1) is 10.1. The molecule has 2 aromatic rings. The van der Waals surface area contributed by atoms with Gasteiger partial charge in [0, 0.05) is 21.2 Å². The van der Waals surface area contributed by atoms with E-state index in [4.69, 9.17) is 27.9 Å². The molecule has 2 rings (SSSR count). The third kappa shape index (κ3) is 3.36. The van der Waals surface area contributed by atoms with E-state index in [0.717, 1.165) is 0 Å². The Balaban J connectivity index is 2.48. The summed E-state index contributed by atoms with van der Waals surface area (Å²) >= 11 is 11.8. The summed E-state index contributed by atoms with van der Waals surface area (Å²) in [6.45, 7) is 0. The van der Waals surface area contributed by atoms with Gasteiger partial charge >= 0.3 is 0 Å². The van der Waals surface area contributed by atoms with Crippen molar-refractivity contribution in [2.75, 3.05) is 7.11 Å². The molecule has 0 radical (unpaired) electrons. The number of ether oxygens (including phenoxy) is 1. The third-order valence-corrected chi connectivity index (χ3v) is 3.47. The molecule has 3 nitrogen and oxygen atoms in total. The Morgan fingerprint density at radius 3 is 2.52 bits per heavy atom. The highest BCUT2D eigenvalue weighted by atomic mass is 35.5. The van der Waals surface area contributed by atoms with Crippen LogP contribution in [0.15, 0.2) is 42.5 Å². The molecule has 1 atom stereocenters. The molecule has 0 spiro atoms. The van der Waals surface area contributed by atoms with E-state index in [0.29, 0.717) is 26.9 Å². The van der Waals surface area contributed by atoms with Crippen molar-refractivity contribution in [3.05, 3.63) is 63.6 Å². The molecule has 106 valence electrons. The zero-order chi connectivity index (χ0) is 15.4. The maximum absolute atomic E-state index is 12.5. The number of nitriles is 1. The normalized spacial score (nSPS) is 11.5. The molecule has 0 heterocycles. The molecule has 0 N–H and O–H groups in total. The minimum atomic E-state index is -1.00. The Morgan fingerprint density at radius 2 is 1.90 bits per heavy atom. The molecule has 21 heavy (non-hydrogen) atoms. The molecule has 0 aliphatic carbocycles. The second-order valence-electron chi connectivity index (χ2n) is 4.32. The summed E-state index contributed by atoms with van der Waals surface area (Å²) in [5.74, 6) is -0.904. The lowest BCUT2D eigenvalue weighted by Crippen LogP contribution is -2.12. The van der Waals surface area contributed by atoms with Crippen LogP contribution < -0.4 is 4.74 Å². The van der Waals surface area contributed by atoms with Crippen molar-refractivity contribution < 1.29 is 9.53 Å². The van der Waals surface area contributed by atoms with Crippen LogP contribution in [-0.4, -0.2) is 12.9 Å². The average molecular weight is 320 g/mol. The molecule has 0 amide bonds. The van der Waals surface area contributed by atoms with E-state index in [-0.39, 0.29) is 5.78 Å². The standard InChI is InChI=1S/C16H11Cl2NO2/c1-21-15-6-5-12(18)8-13(15)14(9-19)16(20)10-3-2-4-11(17)7-10/h2-8,14H,1H3. The van der Waals surface area contributed by atoms with E-state index in [1.54, 1.807) is 36.4 Å². The van der Waals surface area contributed by atoms with Crippen LogP contribution in [0.1, 0.15) is 21.8 Å². The van der Waals surface area contributed by atoms with E-state index in [2.05, 4.69) is 0 Å². The smallest absolute Gasteiger partial charge is 0.184 e. The Morgan fingerprint density at radius 1 is 1.19 bits per heavy atom. The predicted octanol–water partition coefficient (Wildman–Crippen LogP) is 4.49. The Kier molecular flexibility index (Phi) is 4.85. The molecule has 0 saturated carbocycles. The summed E-state index contributed by atoms with van der Waals surface area (Å²) in [7, 11) is 1.48. The maximum Gasteiger partial charge on any atom is 0.184 e. The van der Waals surface area contributed by atoms with Crippen molar-refractivity contribution in [2.45, 2.75) is 5.92 Å². The van der Waals surface area contributed by atoms with Gasteiger partial charge in [-0.25, -0.2) is 0 Å². The quantitative estimate of drug-likeness (QED) is 0.780. The van der Waals surface area contributed by atoms with Gasteiger partial charge in [0.2, 0.25) is 0 Å². The molecular formula is C16H11Cl2NO2. The number of ketones is 1. The molecule has 0 bridgehead atoms. The lowest BCUT2D eigenvalue weighted by atomic mass is 9.91. The number of halogens is 2. The molecule has 2 aromatic carbocycles. The first kappa shape index (κ1) is 15.4. The highest BCUT2D eigenvalue weighted by Crippen LogP contribution is 2.31. The number of Topliss-reactive ketones (excluding diaryl/α,β-unsaturated/α-hetero) is 1. The number of hydrogen-bond acceptors (Lipinski definition) is 3. The molecule has 0 aliphatic rings. The van der Waals surface area contributed by atoms with Crippen LogP contribution in [-0.2, 0) is 0 Å². The van der Waals surface area contributed by atoms with E-state index in [1.165, 1.54) is 13.2 Å². The van der Waals surface area contributed by atoms with Crippen LogP contribution in [0.2, 0.25) is 10.0 Å². The van der Waals surface area contributed by atoms with Crippen molar-refractivity contribution >= 4 is 29.0 Å². The number of rotatable bonds is 4. The van der Waals surface area contributed by atoms with Crippen LogP contribution in [0, 0.1) is 11.3 Å². The van der Waals surface area contributed by atoms with Gasteiger partial charge in [0.1, 0.15) is 11.7 Å². The van der Waals surface area contributed by atoms with Crippen molar-refractivity contribution in [1.82, 2.24) is 0 Å². The minimum Gasteiger partial charge on any atom is -0.496 e. The molecular weight excluding hydrogens is 309 g/mol. The van der Waals surface area contributed by atoms with Crippen LogP contribution in [0.3, 0.4) is 0 Å². The van der Waals surface area contributed by atoms with Crippen molar-refractivity contribution in [1.29, 1.82) is 5.26 Å². The molecule has 0 aromatic heterocycles. The highest BCUT2D eigenvalue weighted by Gasteiger charge is 2.25. The van der Waals surface area contributed by atoms with E-state index >= 15 is 0 Å². The fraction of sp³-hybridized carbons (Fsp3) is 0.125. The van der Waals surface area contributed by atoms with E-state index < -0.39 is 5.92 Å². The summed E-state index contributed by atoms with van der Waals surface area (Å²) in [5, 5.41) is 10.3. The van der Waals surface area contributed by atoms with Gasteiger partial charge in [0.25, 0.3) is 0 Å². The Labute approximate surface area is 132 Å². The fourth-order valence-corrected chi connectivity index (χ4v) is 2.38. The van der Waals surface area contributed by atoms with Gasteiger partial charge in [0.05, 0.1) is 13.2 Å².